The number of hydrogen-bond acceptors (Lipinski definition) is 5. The molecule has 0 saturated carbocycles. The van der Waals surface area contributed by atoms with Gasteiger partial charge >= 0.3 is 0 Å². The molecule has 0 spiro atoms. The Labute approximate surface area is 186 Å². The second kappa shape index (κ2) is 8.58. The standard InChI is InChI=1S/C19H12BrClFN5O2S/c20-10-1-6-15(14(22)7-10)24-16(28)9-30-19-25-17-13(8-23-26-17)18(29)27(19)12-4-2-11(21)3-5-12/h1-8H,9H2,(H,23,26)(H,24,28). The van der Waals surface area contributed by atoms with E-state index in [1.165, 1.54) is 22.9 Å². The first kappa shape index (κ1) is 20.6. The average molecular weight is 509 g/mol. The van der Waals surface area contributed by atoms with E-state index in [0.717, 1.165) is 11.8 Å². The van der Waals surface area contributed by atoms with Crippen LogP contribution >= 0.6 is 39.3 Å². The molecule has 0 aliphatic heterocycles. The minimum atomic E-state index is -0.558. The Hall–Kier alpha value is -2.69. The predicted octanol–water partition coefficient (Wildman–Crippen LogP) is 4.39. The van der Waals surface area contributed by atoms with Crippen molar-refractivity contribution in [1.82, 2.24) is 19.7 Å². The summed E-state index contributed by atoms with van der Waals surface area (Å²) in [5.74, 6) is -1.09. The molecule has 0 unspecified atom stereocenters. The van der Waals surface area contributed by atoms with Gasteiger partial charge < -0.3 is 5.32 Å². The number of aromatic amines is 1. The maximum absolute atomic E-state index is 14.0. The van der Waals surface area contributed by atoms with E-state index < -0.39 is 11.7 Å². The fourth-order valence-corrected chi connectivity index (χ4v) is 3.96. The van der Waals surface area contributed by atoms with Crippen LogP contribution in [0.25, 0.3) is 16.7 Å². The third-order valence-electron chi connectivity index (χ3n) is 4.07. The number of aromatic nitrogens is 4. The number of fused-ring (bicyclic) bond motifs is 1. The van der Waals surface area contributed by atoms with Gasteiger partial charge in [-0.3, -0.25) is 19.3 Å². The summed E-state index contributed by atoms with van der Waals surface area (Å²) < 4.78 is 15.9. The summed E-state index contributed by atoms with van der Waals surface area (Å²) in [5.41, 5.74) is 0.586. The van der Waals surface area contributed by atoms with Crippen LogP contribution < -0.4 is 10.9 Å². The first-order valence-electron chi connectivity index (χ1n) is 8.52. The number of benzene rings is 2. The number of nitrogens with one attached hydrogen (secondary N) is 2. The van der Waals surface area contributed by atoms with Crippen LogP contribution in [0.5, 0.6) is 0 Å². The monoisotopic (exact) mass is 507 g/mol. The number of rotatable bonds is 5. The van der Waals surface area contributed by atoms with Crippen molar-refractivity contribution in [3.8, 4) is 5.69 Å². The van der Waals surface area contributed by atoms with Crippen molar-refractivity contribution in [2.45, 2.75) is 5.16 Å². The summed E-state index contributed by atoms with van der Waals surface area (Å²) in [6.45, 7) is 0. The van der Waals surface area contributed by atoms with Crippen molar-refractivity contribution >= 4 is 61.9 Å². The molecule has 2 aromatic carbocycles. The van der Waals surface area contributed by atoms with Gasteiger partial charge in [0.05, 0.1) is 23.3 Å². The number of H-pyrrole nitrogens is 1. The highest BCUT2D eigenvalue weighted by atomic mass is 79.9. The van der Waals surface area contributed by atoms with Crippen LogP contribution in [0.15, 0.2) is 63.1 Å². The zero-order chi connectivity index (χ0) is 21.3. The van der Waals surface area contributed by atoms with Gasteiger partial charge in [0.1, 0.15) is 11.2 Å². The molecule has 4 rings (SSSR count). The number of carbonyl (C=O) groups is 1. The summed E-state index contributed by atoms with van der Waals surface area (Å²) in [5, 5.41) is 10.2. The Kier molecular flexibility index (Phi) is 5.89. The van der Waals surface area contributed by atoms with E-state index in [0.29, 0.717) is 26.2 Å². The first-order valence-corrected chi connectivity index (χ1v) is 10.7. The van der Waals surface area contributed by atoms with E-state index in [4.69, 9.17) is 11.6 Å². The molecule has 2 aromatic heterocycles. The lowest BCUT2D eigenvalue weighted by atomic mass is 10.3. The molecule has 0 atom stereocenters. The molecule has 7 nitrogen and oxygen atoms in total. The Morgan fingerprint density at radius 3 is 2.77 bits per heavy atom. The van der Waals surface area contributed by atoms with Crippen molar-refractivity contribution < 1.29 is 9.18 Å². The van der Waals surface area contributed by atoms with Gasteiger partial charge in [-0.2, -0.15) is 5.10 Å². The summed E-state index contributed by atoms with van der Waals surface area (Å²) in [7, 11) is 0. The van der Waals surface area contributed by atoms with E-state index in [-0.39, 0.29) is 22.2 Å². The van der Waals surface area contributed by atoms with Gasteiger partial charge in [-0.05, 0) is 42.5 Å². The van der Waals surface area contributed by atoms with Gasteiger partial charge in [0.25, 0.3) is 5.56 Å². The Bertz CT molecular complexity index is 1310. The molecule has 2 N–H and O–H groups in total. The molecular weight excluding hydrogens is 497 g/mol. The van der Waals surface area contributed by atoms with E-state index in [9.17, 15) is 14.0 Å². The lowest BCUT2D eigenvalue weighted by molar-refractivity contribution is -0.113. The number of nitrogens with zero attached hydrogens (tertiary/aromatic N) is 3. The van der Waals surface area contributed by atoms with Crippen LogP contribution in [0, 0.1) is 5.82 Å². The van der Waals surface area contributed by atoms with Crippen LogP contribution in [0.3, 0.4) is 0 Å². The topological polar surface area (TPSA) is 92.7 Å². The van der Waals surface area contributed by atoms with Crippen molar-refractivity contribution in [3.05, 3.63) is 74.3 Å². The van der Waals surface area contributed by atoms with Crippen LogP contribution in [0.2, 0.25) is 5.02 Å². The van der Waals surface area contributed by atoms with Gasteiger partial charge in [0.2, 0.25) is 5.91 Å². The van der Waals surface area contributed by atoms with E-state index >= 15 is 0 Å². The van der Waals surface area contributed by atoms with Crippen LogP contribution in [0.4, 0.5) is 10.1 Å². The summed E-state index contributed by atoms with van der Waals surface area (Å²) >= 11 is 10.2. The van der Waals surface area contributed by atoms with Crippen LogP contribution in [-0.2, 0) is 4.79 Å². The summed E-state index contributed by atoms with van der Waals surface area (Å²) in [6.07, 6.45) is 1.40. The van der Waals surface area contributed by atoms with Crippen LogP contribution in [-0.4, -0.2) is 31.4 Å². The SMILES string of the molecule is O=C(CSc1nc2[nH]ncc2c(=O)n1-c1ccc(Cl)cc1)Nc1ccc(Br)cc1F. The first-order chi connectivity index (χ1) is 14.4. The third-order valence-corrected chi connectivity index (χ3v) is 5.76. The highest BCUT2D eigenvalue weighted by Gasteiger charge is 2.16. The molecule has 4 aromatic rings. The second-order valence-corrected chi connectivity index (χ2v) is 8.40. The van der Waals surface area contributed by atoms with Gasteiger partial charge in [-0.25, -0.2) is 9.37 Å². The van der Waals surface area contributed by atoms with Crippen molar-refractivity contribution in [3.63, 3.8) is 0 Å². The molecule has 0 aliphatic rings. The third kappa shape index (κ3) is 4.25. The second-order valence-electron chi connectivity index (χ2n) is 6.10. The van der Waals surface area contributed by atoms with E-state index in [2.05, 4.69) is 36.4 Å². The zero-order valence-electron chi connectivity index (χ0n) is 15.0. The lowest BCUT2D eigenvalue weighted by Crippen LogP contribution is -2.22. The molecule has 2 heterocycles. The van der Waals surface area contributed by atoms with Gasteiger partial charge in [0, 0.05) is 9.50 Å². The average Bonchev–Trinajstić information content (AvgIpc) is 3.19. The van der Waals surface area contributed by atoms with E-state index in [1.807, 2.05) is 0 Å². The molecule has 30 heavy (non-hydrogen) atoms. The predicted molar refractivity (Wildman–Crippen MR) is 118 cm³/mol. The Balaban J connectivity index is 1.63. The zero-order valence-corrected chi connectivity index (χ0v) is 18.2. The smallest absolute Gasteiger partial charge is 0.269 e. The minimum absolute atomic E-state index is 0.0656. The van der Waals surface area contributed by atoms with Crippen molar-refractivity contribution in [2.75, 3.05) is 11.1 Å². The molecule has 0 aliphatic carbocycles. The number of halogens is 3. The maximum atomic E-state index is 14.0. The highest BCUT2D eigenvalue weighted by molar-refractivity contribution is 9.10. The quantitative estimate of drug-likeness (QED) is 0.308. The molecule has 0 fully saturated rings. The summed E-state index contributed by atoms with van der Waals surface area (Å²) in [6, 6.07) is 11.0. The Morgan fingerprint density at radius 1 is 1.27 bits per heavy atom. The van der Waals surface area contributed by atoms with Crippen molar-refractivity contribution in [2.24, 2.45) is 0 Å². The molecular formula is C19H12BrClFN5O2S. The Morgan fingerprint density at radius 2 is 2.03 bits per heavy atom. The van der Waals surface area contributed by atoms with Gasteiger partial charge in [-0.15, -0.1) is 0 Å². The van der Waals surface area contributed by atoms with Gasteiger partial charge in [-0.1, -0.05) is 39.3 Å². The number of carbonyl (C=O) groups excluding carboxylic acids is 1. The number of hydrogen-bond donors (Lipinski definition) is 2. The molecule has 0 bridgehead atoms. The molecule has 1 amide bonds. The normalized spacial score (nSPS) is 11.0. The highest BCUT2D eigenvalue weighted by Crippen LogP contribution is 2.23. The van der Waals surface area contributed by atoms with Crippen molar-refractivity contribution in [1.29, 1.82) is 0 Å². The molecule has 11 heteroatoms. The summed E-state index contributed by atoms with van der Waals surface area (Å²) in [4.78, 5) is 29.7. The van der Waals surface area contributed by atoms with Crippen LogP contribution in [0.1, 0.15) is 0 Å². The van der Waals surface area contributed by atoms with E-state index in [1.54, 1.807) is 30.3 Å². The number of amides is 1. The number of thioether (sulfide) groups is 1. The van der Waals surface area contributed by atoms with Gasteiger partial charge in [0.15, 0.2) is 10.8 Å². The minimum Gasteiger partial charge on any atom is -0.323 e. The fourth-order valence-electron chi connectivity index (χ4n) is 2.70. The molecule has 0 radical (unpaired) electrons. The maximum Gasteiger partial charge on any atom is 0.269 e. The number of anilines is 1. The largest absolute Gasteiger partial charge is 0.323 e. The fraction of sp³-hybridized carbons (Fsp3) is 0.0526. The molecule has 152 valence electrons. The molecule has 0 saturated heterocycles. The lowest BCUT2D eigenvalue weighted by Gasteiger charge is -2.12.